The van der Waals surface area contributed by atoms with Gasteiger partial charge in [0.15, 0.2) is 0 Å². The van der Waals surface area contributed by atoms with Gasteiger partial charge in [-0.15, -0.1) is 0 Å². The van der Waals surface area contributed by atoms with Gasteiger partial charge in [-0.05, 0) is 0 Å². The molecule has 0 spiro atoms. The minimum absolute atomic E-state index is 0.747. The summed E-state index contributed by atoms with van der Waals surface area (Å²) in [5.41, 5.74) is 0. The second-order valence-electron chi connectivity index (χ2n) is 0.214. The van der Waals surface area contributed by atoms with Gasteiger partial charge >= 0.3 is 60.8 Å². The first-order valence-electron chi connectivity index (χ1n) is 0.567. The number of rotatable bonds is 0. The van der Waals surface area contributed by atoms with Gasteiger partial charge in [-0.2, -0.15) is 0 Å². The Labute approximate surface area is 57.8 Å². The van der Waals surface area contributed by atoms with Crippen LogP contribution in [0.3, 0.4) is 0 Å². The molecule has 0 heterocycles. The van der Waals surface area contributed by atoms with Crippen LogP contribution < -0.4 is 0 Å². The van der Waals surface area contributed by atoms with E-state index in [1.807, 2.05) is 0 Å². The van der Waals surface area contributed by atoms with E-state index >= 15 is 0 Å². The van der Waals surface area contributed by atoms with E-state index in [0.29, 0.717) is 0 Å². The fraction of sp³-hybridized carbons (Fsp3) is 0. The summed E-state index contributed by atoms with van der Waals surface area (Å²) in [6, 6.07) is 0. The average molecular weight is 525 g/mol. The SMILES string of the molecule is [I][Nd]([I])[I]. The monoisotopic (exact) mass is 523 g/mol. The van der Waals surface area contributed by atoms with Gasteiger partial charge in [0.1, 0.15) is 0 Å². The molecule has 0 aromatic heterocycles. The van der Waals surface area contributed by atoms with E-state index in [0.717, 1.165) is 0 Å². The summed E-state index contributed by atoms with van der Waals surface area (Å²) in [5, 5.41) is 0. The van der Waals surface area contributed by atoms with E-state index in [-0.39, 0.29) is 0 Å². The third-order valence-electron chi connectivity index (χ3n) is 0. The van der Waals surface area contributed by atoms with Crippen LogP contribution in [0.15, 0.2) is 0 Å². The van der Waals surface area contributed by atoms with Crippen LogP contribution in [-0.2, 0) is 0 Å². The predicted octanol–water partition coefficient (Wildman–Crippen LogP) is 2.66. The molecule has 0 bridgehead atoms. The Kier molecular flexibility index (Phi) is 8.85. The van der Waals surface area contributed by atoms with Crippen molar-refractivity contribution in [3.05, 3.63) is 0 Å². The van der Waals surface area contributed by atoms with E-state index in [4.69, 9.17) is 0 Å². The molecule has 25 valence electrons. The Balaban J connectivity index is 2.32. The zero-order valence-corrected chi connectivity index (χ0v) is 11.3. The van der Waals surface area contributed by atoms with Gasteiger partial charge in [0.2, 0.25) is 0 Å². The van der Waals surface area contributed by atoms with Crippen LogP contribution in [0.5, 0.6) is 0 Å². The summed E-state index contributed by atoms with van der Waals surface area (Å²) in [6.07, 6.45) is 0. The molecule has 0 nitrogen and oxygen atoms in total. The normalized spacial score (nSPS) is 6.75. The van der Waals surface area contributed by atoms with Crippen molar-refractivity contribution in [2.45, 2.75) is 0 Å². The molecule has 0 radical (unpaired) electrons. The van der Waals surface area contributed by atoms with Gasteiger partial charge in [0.25, 0.3) is 0 Å². The van der Waals surface area contributed by atoms with Crippen LogP contribution in [0.2, 0.25) is 0 Å². The molecular formula is I3Nd. The Bertz CT molecular complexity index is 8.00. The molecular weight excluding hydrogens is 525 g/mol. The van der Waals surface area contributed by atoms with Crippen molar-refractivity contribution >= 4 is 42.5 Å². The van der Waals surface area contributed by atoms with Gasteiger partial charge in [-0.1, -0.05) is 0 Å². The second kappa shape index (κ2) is 4.69. The number of hydrogen-bond acceptors (Lipinski definition) is 0. The maximum absolute atomic E-state index is 2.53. The van der Waals surface area contributed by atoms with E-state index < -0.39 is 18.3 Å². The van der Waals surface area contributed by atoms with Gasteiger partial charge < -0.3 is 0 Å². The van der Waals surface area contributed by atoms with Gasteiger partial charge in [0, 0.05) is 0 Å². The Hall–Kier alpha value is 3.54. The Morgan fingerprint density at radius 3 is 1.00 bits per heavy atom. The summed E-state index contributed by atoms with van der Waals surface area (Å²) in [4.78, 5) is 0. The summed E-state index contributed by atoms with van der Waals surface area (Å²) in [5.74, 6) is 0. The van der Waals surface area contributed by atoms with Gasteiger partial charge in [0.05, 0.1) is 0 Å². The molecule has 0 saturated heterocycles. The number of halogens is 3. The quantitative estimate of drug-likeness (QED) is 0.428. The van der Waals surface area contributed by atoms with Crippen molar-refractivity contribution in [3.63, 3.8) is 0 Å². The van der Waals surface area contributed by atoms with Crippen LogP contribution in [0.25, 0.3) is 0 Å². The second-order valence-corrected chi connectivity index (χ2v) is 71.5. The van der Waals surface area contributed by atoms with Crippen molar-refractivity contribution in [1.82, 2.24) is 0 Å². The first-order chi connectivity index (χ1) is 1.73. The third kappa shape index (κ3) is 9.11. The standard InChI is InChI=1S/3HI.Nd/h3*1H;/q;;;+3/p-3. The van der Waals surface area contributed by atoms with Gasteiger partial charge in [-0.25, -0.2) is 0 Å². The van der Waals surface area contributed by atoms with Crippen molar-refractivity contribution in [1.29, 1.82) is 0 Å². The van der Waals surface area contributed by atoms with Crippen LogP contribution in [0.1, 0.15) is 0 Å². The summed E-state index contributed by atoms with van der Waals surface area (Å²) in [6.45, 7) is 0. The zero-order valence-electron chi connectivity index (χ0n) is 1.63. The molecule has 0 unspecified atom stereocenters. The molecule has 0 N–H and O–H groups in total. The van der Waals surface area contributed by atoms with Crippen molar-refractivity contribution in [3.8, 4) is 0 Å². The number of hydrogen-bond donors (Lipinski definition) is 0. The molecule has 4 heavy (non-hydrogen) atoms. The Morgan fingerprint density at radius 1 is 1.00 bits per heavy atom. The molecule has 0 amide bonds. The summed E-state index contributed by atoms with van der Waals surface area (Å²) >= 11 is 6.84. The van der Waals surface area contributed by atoms with Crippen molar-refractivity contribution < 1.29 is 18.3 Å². The fourth-order valence-corrected chi connectivity index (χ4v) is 0. The molecule has 0 aliphatic carbocycles. The first kappa shape index (κ1) is 7.54. The van der Waals surface area contributed by atoms with Crippen LogP contribution >= 0.6 is 42.5 Å². The maximum atomic E-state index is 2.53. The topological polar surface area (TPSA) is 0 Å². The van der Waals surface area contributed by atoms with E-state index in [2.05, 4.69) is 42.5 Å². The molecule has 0 fully saturated rings. The molecule has 0 aliphatic heterocycles. The van der Waals surface area contributed by atoms with Crippen molar-refractivity contribution in [2.75, 3.05) is 0 Å². The zero-order chi connectivity index (χ0) is 3.58. The third-order valence-corrected chi connectivity index (χ3v) is 0. The van der Waals surface area contributed by atoms with E-state index in [1.54, 1.807) is 0 Å². The molecule has 0 aliphatic rings. The fourth-order valence-electron chi connectivity index (χ4n) is 0. The summed E-state index contributed by atoms with van der Waals surface area (Å²) in [7, 11) is 0. The first-order valence-corrected chi connectivity index (χ1v) is 28.2. The van der Waals surface area contributed by atoms with Crippen LogP contribution in [0.4, 0.5) is 0 Å². The molecule has 0 aromatic carbocycles. The van der Waals surface area contributed by atoms with Crippen molar-refractivity contribution in [2.24, 2.45) is 0 Å². The molecule has 0 atom stereocenters. The van der Waals surface area contributed by atoms with E-state index in [1.165, 1.54) is 0 Å². The van der Waals surface area contributed by atoms with E-state index in [9.17, 15) is 0 Å². The molecule has 0 rings (SSSR count). The summed E-state index contributed by atoms with van der Waals surface area (Å²) < 4.78 is 0. The minimum atomic E-state index is -0.747. The predicted molar refractivity (Wildman–Crippen MR) is 42.1 cm³/mol. The van der Waals surface area contributed by atoms with Crippen LogP contribution in [0, 0.1) is 18.3 Å². The average Bonchev–Trinajstić information content (AvgIpc) is 0.811. The Morgan fingerprint density at radius 2 is 1.00 bits per heavy atom. The molecule has 4 heteroatoms. The van der Waals surface area contributed by atoms with Crippen LogP contribution in [-0.4, -0.2) is 0 Å². The van der Waals surface area contributed by atoms with Gasteiger partial charge in [-0.3, -0.25) is 0 Å². The molecule has 0 saturated carbocycles. The molecule has 0 aromatic rings.